The minimum absolute atomic E-state index is 0.0241. The van der Waals surface area contributed by atoms with Gasteiger partial charge in [-0.05, 0) is 43.6 Å². The van der Waals surface area contributed by atoms with Gasteiger partial charge in [-0.15, -0.1) is 5.10 Å². The van der Waals surface area contributed by atoms with Crippen LogP contribution in [-0.4, -0.2) is 207 Å². The van der Waals surface area contributed by atoms with Crippen molar-refractivity contribution in [3.05, 3.63) is 66.0 Å². The first-order chi connectivity index (χ1) is 41.8. The van der Waals surface area contributed by atoms with Crippen LogP contribution in [0.2, 0.25) is 0 Å². The Morgan fingerprint density at radius 3 is 2.23 bits per heavy atom. The number of hydrogen-bond acceptors (Lipinski definition) is 18. The number of aliphatic carboxylic acids is 1. The van der Waals surface area contributed by atoms with Gasteiger partial charge < -0.3 is 83.2 Å². The highest BCUT2D eigenvalue weighted by atomic mass is 32.2. The van der Waals surface area contributed by atoms with Crippen molar-refractivity contribution in [1.29, 1.82) is 0 Å². The molecule has 2 fully saturated rings. The monoisotopic (exact) mass is 1240 g/mol. The molecule has 1 unspecified atom stereocenters. The predicted molar refractivity (Wildman–Crippen MR) is 310 cm³/mol. The van der Waals surface area contributed by atoms with Gasteiger partial charge in [-0.2, -0.15) is 11.8 Å². The van der Waals surface area contributed by atoms with E-state index in [4.69, 9.17) is 19.9 Å². The van der Waals surface area contributed by atoms with Crippen LogP contribution in [0.3, 0.4) is 0 Å². The number of amides is 11. The minimum atomic E-state index is -1.81. The number of carbonyl (C=O) groups excluding carboxylic acids is 10. The number of unbranched alkanes of at least 4 members (excludes halogenated alkanes) is 1. The molecule has 476 valence electrons. The molecular formula is C55H80N16O15S. The van der Waals surface area contributed by atoms with E-state index in [1.807, 2.05) is 11.8 Å². The van der Waals surface area contributed by atoms with Crippen LogP contribution in [0.25, 0.3) is 0 Å². The number of H-pyrrole nitrogens is 1. The van der Waals surface area contributed by atoms with Gasteiger partial charge in [0.05, 0.1) is 75.8 Å². The summed E-state index contributed by atoms with van der Waals surface area (Å²) in [7, 11) is 0. The van der Waals surface area contributed by atoms with Crippen LogP contribution in [0.15, 0.2) is 49.1 Å². The number of aryl methyl sites for hydroxylation is 1. The molecule has 0 saturated carbocycles. The maximum Gasteiger partial charge on any atom is 0.315 e. The van der Waals surface area contributed by atoms with Crippen molar-refractivity contribution in [3.8, 4) is 0 Å². The summed E-state index contributed by atoms with van der Waals surface area (Å²) in [6.45, 7) is 3.23. The SMILES string of the molecule is CC(C)[C@H]1NC(=O)[C@@H](CC(=O)O)NC(=O)[C@@H](Cc2ccccc2)NC(=O)[C@@H](NC(=O)COCCOCCOCCNC(=O)CCCCC2SC[C@H]3NC(=O)N[C@@H]23)Cc2cn(nn2)CCCC[C@@H](C(N)=O)NC(=O)[C@@H](Cc2c[nH]cn2)NC(=O)CNC1=O. The second kappa shape index (κ2) is 35.4. The Labute approximate surface area is 506 Å². The number of nitrogens with one attached hydrogen (secondary N) is 11. The standard InChI is InChI=1S/C55H80N16O15S/c1-32(2)47-54(82)59-27-44(73)61-38(23-34-26-57-31-60-34)51(79)63-36(49(56)77)12-8-9-16-71-28-35(69-70-71)24-39(52(80)64-37(22-33-10-4-3-5-11-33)50(78)65-40(25-46(75)76)53(81)67-47)62-45(74)29-86-21-20-85-19-18-84-17-15-58-43(72)14-7-6-13-42-48-41(30-87-42)66-55(83)68-48/h3-5,10-11,26,28,31-32,36-42,47-48H,6-9,12-25,27,29-30H2,1-2H3,(H2,56,77)(H,57,60)(H,58,72)(H,59,82)(H,61,73)(H,62,74)(H,63,79)(H,64,80)(H,65,78)(H,67,81)(H,75,76)(H2,66,68,83)/t36-,37+,38+,39-,40+,41+,42?,47+,48+/m0/s1. The van der Waals surface area contributed by atoms with E-state index >= 15 is 0 Å². The summed E-state index contributed by atoms with van der Waals surface area (Å²) in [6.07, 6.45) is 6.60. The highest BCUT2D eigenvalue weighted by molar-refractivity contribution is 8.00. The van der Waals surface area contributed by atoms with Crippen LogP contribution in [0, 0.1) is 5.92 Å². The van der Waals surface area contributed by atoms with Crippen molar-refractivity contribution >= 4 is 76.9 Å². The van der Waals surface area contributed by atoms with E-state index in [2.05, 4.69) is 73.4 Å². The van der Waals surface area contributed by atoms with Gasteiger partial charge in [0.15, 0.2) is 0 Å². The van der Waals surface area contributed by atoms with E-state index in [9.17, 15) is 57.8 Å². The zero-order valence-corrected chi connectivity index (χ0v) is 49.5. The summed E-state index contributed by atoms with van der Waals surface area (Å²) in [5.74, 6) is -8.38. The van der Waals surface area contributed by atoms with Crippen LogP contribution in [0.4, 0.5) is 4.79 Å². The van der Waals surface area contributed by atoms with Gasteiger partial charge >= 0.3 is 12.0 Å². The number of carbonyl (C=O) groups is 11. The summed E-state index contributed by atoms with van der Waals surface area (Å²) >= 11 is 1.84. The van der Waals surface area contributed by atoms with Crippen molar-refractivity contribution < 1.29 is 72.1 Å². The maximum absolute atomic E-state index is 14.4. The molecule has 2 bridgehead atoms. The number of carboxylic acids is 1. The Hall–Kier alpha value is -8.23. The molecule has 3 aliphatic heterocycles. The van der Waals surface area contributed by atoms with Crippen molar-refractivity contribution in [2.75, 3.05) is 58.5 Å². The van der Waals surface area contributed by atoms with Crippen LogP contribution >= 0.6 is 11.8 Å². The third kappa shape index (κ3) is 23.5. The number of nitrogens with zero attached hydrogens (tertiary/aromatic N) is 4. The number of hydrogen-bond donors (Lipinski definition) is 13. The van der Waals surface area contributed by atoms with E-state index < -0.39 is 115 Å². The second-order valence-corrected chi connectivity index (χ2v) is 22.8. The topological polar surface area (TPSA) is 441 Å². The Bertz CT molecular complexity index is 2790. The average Bonchev–Trinajstić information content (AvgIpc) is 2.44. The quantitative estimate of drug-likeness (QED) is 0.0293. The lowest BCUT2D eigenvalue weighted by atomic mass is 10.0. The minimum Gasteiger partial charge on any atom is -0.481 e. The van der Waals surface area contributed by atoms with Gasteiger partial charge in [0.25, 0.3) is 0 Å². The lowest BCUT2D eigenvalue weighted by Gasteiger charge is -2.27. The fourth-order valence-corrected chi connectivity index (χ4v) is 11.3. The van der Waals surface area contributed by atoms with Crippen molar-refractivity contribution in [1.82, 2.24) is 78.1 Å². The van der Waals surface area contributed by atoms with E-state index in [1.54, 1.807) is 44.2 Å². The third-order valence-corrected chi connectivity index (χ3v) is 15.8. The smallest absolute Gasteiger partial charge is 0.315 e. The number of fused-ring (bicyclic) bond motifs is 3. The normalized spacial score (nSPS) is 23.7. The number of carboxylic acid groups (broad SMARTS) is 1. The molecule has 0 spiro atoms. The molecule has 32 heteroatoms. The van der Waals surface area contributed by atoms with Crippen LogP contribution in [0.5, 0.6) is 0 Å². The average molecular weight is 1240 g/mol. The maximum atomic E-state index is 14.4. The number of rotatable bonds is 25. The van der Waals surface area contributed by atoms with Gasteiger partial charge in [0, 0.05) is 62.2 Å². The molecule has 5 heterocycles. The number of imidazole rings is 1. The van der Waals surface area contributed by atoms with E-state index in [0.29, 0.717) is 42.3 Å². The van der Waals surface area contributed by atoms with Crippen LogP contribution in [-0.2, 0) is 88.0 Å². The van der Waals surface area contributed by atoms with Gasteiger partial charge in [-0.25, -0.2) is 9.78 Å². The first kappa shape index (κ1) is 67.9. The molecule has 9 atom stereocenters. The van der Waals surface area contributed by atoms with Gasteiger partial charge in [0.1, 0.15) is 42.9 Å². The molecule has 2 saturated heterocycles. The molecule has 6 rings (SSSR count). The fraction of sp³-hybridized carbons (Fsp3) is 0.600. The molecule has 2 aromatic heterocycles. The van der Waals surface area contributed by atoms with Gasteiger partial charge in [0.2, 0.25) is 53.2 Å². The summed E-state index contributed by atoms with van der Waals surface area (Å²) in [4.78, 5) is 153. The van der Waals surface area contributed by atoms with E-state index in [0.717, 1.165) is 25.0 Å². The Kier molecular flexibility index (Phi) is 27.6. The number of thioether (sulfide) groups is 1. The number of urea groups is 1. The van der Waals surface area contributed by atoms with Crippen molar-refractivity contribution in [3.63, 3.8) is 0 Å². The Morgan fingerprint density at radius 2 is 1.51 bits per heavy atom. The number of aromatic amines is 1. The summed E-state index contributed by atoms with van der Waals surface area (Å²) < 4.78 is 18.1. The largest absolute Gasteiger partial charge is 0.481 e. The molecule has 11 amide bonds. The summed E-state index contributed by atoms with van der Waals surface area (Å²) in [5.41, 5.74) is 6.87. The number of nitrogens with two attached hydrogens (primary N) is 1. The zero-order chi connectivity index (χ0) is 62.7. The van der Waals surface area contributed by atoms with Gasteiger partial charge in [-0.3, -0.25) is 52.6 Å². The fourth-order valence-electron chi connectivity index (χ4n) is 9.73. The molecule has 14 N–H and O–H groups in total. The van der Waals surface area contributed by atoms with E-state index in [1.165, 1.54) is 23.4 Å². The zero-order valence-electron chi connectivity index (χ0n) is 48.7. The Balaban J connectivity index is 1.07. The number of ether oxygens (including phenoxy) is 3. The predicted octanol–water partition coefficient (Wildman–Crippen LogP) is -3.25. The van der Waals surface area contributed by atoms with E-state index in [-0.39, 0.29) is 95.0 Å². The summed E-state index contributed by atoms with van der Waals surface area (Å²) in [5, 5.41) is 45.1. The highest BCUT2D eigenvalue weighted by Crippen LogP contribution is 2.33. The molecule has 1 aromatic carbocycles. The first-order valence-corrected chi connectivity index (χ1v) is 30.0. The molecule has 0 aliphatic carbocycles. The molecule has 3 aliphatic rings. The van der Waals surface area contributed by atoms with Crippen LogP contribution < -0.4 is 58.9 Å². The molecule has 3 aromatic rings. The number of primary amides is 1. The lowest BCUT2D eigenvalue weighted by molar-refractivity contribution is -0.141. The molecular weight excluding hydrogens is 1160 g/mol. The second-order valence-electron chi connectivity index (χ2n) is 21.5. The molecule has 87 heavy (non-hydrogen) atoms. The summed E-state index contributed by atoms with van der Waals surface area (Å²) in [6, 6.07) is 0.0481. The van der Waals surface area contributed by atoms with Crippen molar-refractivity contribution in [2.45, 2.75) is 145 Å². The van der Waals surface area contributed by atoms with Gasteiger partial charge in [-0.1, -0.05) is 55.8 Å². The molecule has 31 nitrogen and oxygen atoms in total. The number of benzene rings is 1. The van der Waals surface area contributed by atoms with Crippen molar-refractivity contribution in [2.24, 2.45) is 11.7 Å². The molecule has 0 radical (unpaired) electrons. The highest BCUT2D eigenvalue weighted by Gasteiger charge is 2.43. The van der Waals surface area contributed by atoms with Crippen LogP contribution in [0.1, 0.15) is 82.2 Å². The third-order valence-electron chi connectivity index (χ3n) is 14.3. The first-order valence-electron chi connectivity index (χ1n) is 29.0. The Morgan fingerprint density at radius 1 is 0.793 bits per heavy atom. The lowest BCUT2D eigenvalue weighted by Crippen LogP contribution is -2.60. The number of aromatic nitrogens is 5.